The maximum atomic E-state index is 3.07. The van der Waals surface area contributed by atoms with Gasteiger partial charge >= 0.3 is 0 Å². The molecule has 2 saturated heterocycles. The molecule has 0 radical (unpaired) electrons. The van der Waals surface area contributed by atoms with Crippen LogP contribution in [0.3, 0.4) is 0 Å². The van der Waals surface area contributed by atoms with Gasteiger partial charge in [0.05, 0.1) is 0 Å². The van der Waals surface area contributed by atoms with Gasteiger partial charge in [-0.15, -0.1) is 0 Å². The van der Waals surface area contributed by atoms with Gasteiger partial charge in [-0.2, -0.15) is 23.5 Å². The summed E-state index contributed by atoms with van der Waals surface area (Å²) in [7, 11) is 2.37. The highest BCUT2D eigenvalue weighted by molar-refractivity contribution is 8.00. The molecule has 4 fully saturated rings. The molecule has 0 bridgehead atoms. The lowest BCUT2D eigenvalue weighted by molar-refractivity contribution is 0.0628. The lowest BCUT2D eigenvalue weighted by atomic mass is 9.86. The second-order valence-corrected chi connectivity index (χ2v) is 11.6. The molecule has 4 heteroatoms. The van der Waals surface area contributed by atoms with Gasteiger partial charge < -0.3 is 4.90 Å². The Morgan fingerprint density at radius 2 is 1.72 bits per heavy atom. The van der Waals surface area contributed by atoms with Gasteiger partial charge in [0.1, 0.15) is 0 Å². The largest absolute Gasteiger partial charge is 0.303 e. The van der Waals surface area contributed by atoms with Crippen molar-refractivity contribution in [1.29, 1.82) is 0 Å². The molecule has 2 heterocycles. The number of fused-ring (bicyclic) bond motifs is 2. The fourth-order valence-corrected chi connectivity index (χ4v) is 8.74. The molecule has 2 nitrogen and oxygen atoms in total. The van der Waals surface area contributed by atoms with Crippen LogP contribution in [0.25, 0.3) is 0 Å². The fraction of sp³-hybridized carbons (Fsp3) is 1.00. The highest BCUT2D eigenvalue weighted by atomic mass is 32.2. The number of hydrogen-bond donors (Lipinski definition) is 0. The standard InChI is InChI=1S/C21H38N2S2/c1-22-13-6-5-7-16(22)12-14-23-18-8-3-4-9-20(18)25-21-11-10-17(24-2)15-19(21)23/h16-21H,3-15H2,1-2H3. The Bertz CT molecular complexity index is 432. The maximum absolute atomic E-state index is 3.07. The average molecular weight is 383 g/mol. The van der Waals surface area contributed by atoms with Crippen molar-refractivity contribution in [2.45, 2.75) is 105 Å². The van der Waals surface area contributed by atoms with Gasteiger partial charge in [0.25, 0.3) is 0 Å². The SMILES string of the molecule is CSC1CCC2SC3CCCCC3N(CCC3CCCCN3C)C2C1. The minimum absolute atomic E-state index is 0.851. The summed E-state index contributed by atoms with van der Waals surface area (Å²) in [4.78, 5) is 5.72. The van der Waals surface area contributed by atoms with Gasteiger partial charge in [0.2, 0.25) is 0 Å². The molecule has 25 heavy (non-hydrogen) atoms. The first kappa shape index (κ1) is 19.0. The molecule has 2 saturated carbocycles. The van der Waals surface area contributed by atoms with Crippen LogP contribution < -0.4 is 0 Å². The molecule has 4 rings (SSSR count). The second-order valence-electron chi connectivity index (χ2n) is 8.96. The topological polar surface area (TPSA) is 6.48 Å². The minimum Gasteiger partial charge on any atom is -0.303 e. The number of hydrogen-bond acceptors (Lipinski definition) is 4. The van der Waals surface area contributed by atoms with E-state index in [0.717, 1.165) is 33.9 Å². The maximum Gasteiger partial charge on any atom is 0.0228 e. The zero-order valence-corrected chi connectivity index (χ0v) is 18.0. The first-order valence-electron chi connectivity index (χ1n) is 10.9. The Kier molecular flexibility index (Phi) is 6.64. The highest BCUT2D eigenvalue weighted by Gasteiger charge is 2.46. The monoisotopic (exact) mass is 382 g/mol. The van der Waals surface area contributed by atoms with Crippen molar-refractivity contribution in [3.8, 4) is 0 Å². The molecule has 144 valence electrons. The highest BCUT2D eigenvalue weighted by Crippen LogP contribution is 2.47. The predicted octanol–water partition coefficient (Wildman–Crippen LogP) is 4.87. The van der Waals surface area contributed by atoms with E-state index in [1.807, 2.05) is 0 Å². The Hall–Kier alpha value is 0.620. The van der Waals surface area contributed by atoms with E-state index >= 15 is 0 Å². The van der Waals surface area contributed by atoms with Crippen molar-refractivity contribution in [3.05, 3.63) is 0 Å². The fourth-order valence-electron chi connectivity index (χ4n) is 6.03. The van der Waals surface area contributed by atoms with E-state index in [0.29, 0.717) is 0 Å². The smallest absolute Gasteiger partial charge is 0.0228 e. The van der Waals surface area contributed by atoms with Crippen molar-refractivity contribution in [1.82, 2.24) is 9.80 Å². The van der Waals surface area contributed by atoms with E-state index in [1.54, 1.807) is 0 Å². The van der Waals surface area contributed by atoms with Gasteiger partial charge in [0.15, 0.2) is 0 Å². The van der Waals surface area contributed by atoms with Gasteiger partial charge in [-0.25, -0.2) is 0 Å². The van der Waals surface area contributed by atoms with Crippen LogP contribution in [0.5, 0.6) is 0 Å². The summed E-state index contributed by atoms with van der Waals surface area (Å²) in [5, 5.41) is 2.80. The third-order valence-corrected chi connectivity index (χ3v) is 10.4. The van der Waals surface area contributed by atoms with E-state index in [9.17, 15) is 0 Å². The predicted molar refractivity (Wildman–Crippen MR) is 114 cm³/mol. The molecule has 0 spiro atoms. The van der Waals surface area contributed by atoms with Crippen LogP contribution in [0.2, 0.25) is 0 Å². The Morgan fingerprint density at radius 1 is 0.920 bits per heavy atom. The first-order chi connectivity index (χ1) is 12.3. The third-order valence-electron chi connectivity index (χ3n) is 7.55. The van der Waals surface area contributed by atoms with E-state index in [-0.39, 0.29) is 0 Å². The van der Waals surface area contributed by atoms with Crippen molar-refractivity contribution < 1.29 is 0 Å². The lowest BCUT2D eigenvalue weighted by Crippen LogP contribution is -2.60. The number of thioether (sulfide) groups is 2. The number of piperidine rings is 1. The molecule has 2 aliphatic carbocycles. The van der Waals surface area contributed by atoms with Crippen molar-refractivity contribution >= 4 is 23.5 Å². The summed E-state index contributed by atoms with van der Waals surface area (Å²) in [6.07, 6.45) is 18.4. The molecule has 0 aromatic heterocycles. The average Bonchev–Trinajstić information content (AvgIpc) is 2.66. The van der Waals surface area contributed by atoms with Crippen LogP contribution in [-0.4, -0.2) is 70.1 Å². The van der Waals surface area contributed by atoms with Crippen molar-refractivity contribution in [2.24, 2.45) is 0 Å². The Morgan fingerprint density at radius 3 is 2.56 bits per heavy atom. The number of nitrogens with zero attached hydrogens (tertiary/aromatic N) is 2. The quantitative estimate of drug-likeness (QED) is 0.684. The van der Waals surface area contributed by atoms with Gasteiger partial charge in [-0.1, -0.05) is 19.3 Å². The number of likely N-dealkylation sites (tertiary alicyclic amines) is 1. The van der Waals surface area contributed by atoms with Crippen LogP contribution in [0, 0.1) is 0 Å². The minimum atomic E-state index is 0.851. The molecule has 0 aromatic carbocycles. The summed E-state index contributed by atoms with van der Waals surface area (Å²) in [5.41, 5.74) is 0. The third kappa shape index (κ3) is 4.22. The van der Waals surface area contributed by atoms with Crippen LogP contribution in [0.4, 0.5) is 0 Å². The van der Waals surface area contributed by atoms with Crippen LogP contribution in [0.15, 0.2) is 0 Å². The molecule has 6 unspecified atom stereocenters. The van der Waals surface area contributed by atoms with E-state index < -0.39 is 0 Å². The van der Waals surface area contributed by atoms with Gasteiger partial charge in [-0.05, 0) is 71.2 Å². The van der Waals surface area contributed by atoms with Gasteiger partial charge in [0, 0.05) is 40.4 Å². The van der Waals surface area contributed by atoms with Crippen molar-refractivity contribution in [2.75, 3.05) is 26.4 Å². The molecular weight excluding hydrogens is 344 g/mol. The molecule has 6 atom stereocenters. The Labute approximate surface area is 164 Å². The van der Waals surface area contributed by atoms with Crippen LogP contribution in [0.1, 0.15) is 70.6 Å². The van der Waals surface area contributed by atoms with Crippen LogP contribution >= 0.6 is 23.5 Å². The lowest BCUT2D eigenvalue weighted by Gasteiger charge is -2.54. The summed E-state index contributed by atoms with van der Waals surface area (Å²) in [6.45, 7) is 2.70. The molecule has 0 amide bonds. The van der Waals surface area contributed by atoms with Crippen molar-refractivity contribution in [3.63, 3.8) is 0 Å². The van der Waals surface area contributed by atoms with E-state index in [4.69, 9.17) is 0 Å². The Balaban J connectivity index is 1.45. The summed E-state index contributed by atoms with van der Waals surface area (Å²) in [5.74, 6) is 0. The molecule has 0 aromatic rings. The summed E-state index contributed by atoms with van der Waals surface area (Å²) >= 11 is 4.55. The van der Waals surface area contributed by atoms with Crippen LogP contribution in [-0.2, 0) is 0 Å². The summed E-state index contributed by atoms with van der Waals surface area (Å²) < 4.78 is 0. The second kappa shape index (κ2) is 8.75. The normalized spacial score (nSPS) is 43.4. The van der Waals surface area contributed by atoms with Gasteiger partial charge in [-0.3, -0.25) is 4.90 Å². The molecule has 2 aliphatic heterocycles. The first-order valence-corrected chi connectivity index (χ1v) is 13.1. The molecule has 4 aliphatic rings. The zero-order chi connectivity index (χ0) is 17.2. The molecular formula is C21H38N2S2. The van der Waals surface area contributed by atoms with E-state index in [1.165, 1.54) is 83.7 Å². The van der Waals surface area contributed by atoms with E-state index in [2.05, 4.69) is 46.6 Å². The number of rotatable bonds is 4. The molecule has 0 N–H and O–H groups in total. The summed E-state index contributed by atoms with van der Waals surface area (Å²) in [6, 6.07) is 2.63. The zero-order valence-electron chi connectivity index (χ0n) is 16.4.